The van der Waals surface area contributed by atoms with Gasteiger partial charge in [0.05, 0.1) is 12.7 Å². The Morgan fingerprint density at radius 2 is 1.85 bits per heavy atom. The minimum atomic E-state index is -0.347. The minimum absolute atomic E-state index is 0.0343. The normalized spacial score (nSPS) is 15.3. The van der Waals surface area contributed by atoms with Crippen LogP contribution in [0, 0.1) is 26.6 Å². The van der Waals surface area contributed by atoms with E-state index < -0.39 is 0 Å². The maximum Gasteiger partial charge on any atom is 0.257 e. The van der Waals surface area contributed by atoms with Gasteiger partial charge >= 0.3 is 0 Å². The first-order valence-corrected chi connectivity index (χ1v) is 8.81. The maximum atomic E-state index is 13.8. The number of piperazine rings is 1. The van der Waals surface area contributed by atoms with Crippen LogP contribution in [0.5, 0.6) is 5.75 Å². The van der Waals surface area contributed by atoms with Gasteiger partial charge in [0, 0.05) is 38.3 Å². The molecule has 140 valence electrons. The second-order valence-corrected chi connectivity index (χ2v) is 6.75. The Hall–Kier alpha value is -2.34. The lowest BCUT2D eigenvalue weighted by Gasteiger charge is -2.34. The van der Waals surface area contributed by atoms with Gasteiger partial charge in [-0.1, -0.05) is 6.07 Å². The van der Waals surface area contributed by atoms with Crippen LogP contribution in [0.25, 0.3) is 0 Å². The molecule has 1 saturated heterocycles. The number of nitrogens with zero attached hydrogens (tertiary/aromatic N) is 2. The Bertz CT molecular complexity index is 808. The molecule has 1 aromatic heterocycles. The molecule has 0 aliphatic carbocycles. The molecule has 26 heavy (non-hydrogen) atoms. The van der Waals surface area contributed by atoms with Gasteiger partial charge < -0.3 is 14.1 Å². The van der Waals surface area contributed by atoms with Crippen LogP contribution in [-0.4, -0.2) is 49.0 Å². The van der Waals surface area contributed by atoms with Gasteiger partial charge in [0.1, 0.15) is 11.5 Å². The zero-order chi connectivity index (χ0) is 18.8. The first-order chi connectivity index (χ1) is 12.4. The summed E-state index contributed by atoms with van der Waals surface area (Å²) in [7, 11) is 1.46. The maximum absolute atomic E-state index is 13.8. The number of carbonyl (C=O) groups is 1. The van der Waals surface area contributed by atoms with E-state index in [4.69, 9.17) is 9.15 Å². The molecule has 6 heteroatoms. The van der Waals surface area contributed by atoms with Gasteiger partial charge in [-0.15, -0.1) is 0 Å². The second kappa shape index (κ2) is 7.50. The van der Waals surface area contributed by atoms with Crippen LogP contribution in [0.15, 0.2) is 22.6 Å². The first-order valence-electron chi connectivity index (χ1n) is 8.81. The van der Waals surface area contributed by atoms with E-state index in [0.29, 0.717) is 31.0 Å². The summed E-state index contributed by atoms with van der Waals surface area (Å²) in [5.41, 5.74) is 2.51. The highest BCUT2D eigenvalue weighted by Gasteiger charge is 2.27. The van der Waals surface area contributed by atoms with Gasteiger partial charge in [-0.25, -0.2) is 4.39 Å². The number of hydrogen-bond acceptors (Lipinski definition) is 4. The molecule has 0 N–H and O–H groups in total. The van der Waals surface area contributed by atoms with Gasteiger partial charge in [0.25, 0.3) is 5.91 Å². The summed E-state index contributed by atoms with van der Waals surface area (Å²) < 4.78 is 24.4. The number of ether oxygens (including phenoxy) is 1. The molecule has 5 nitrogen and oxygen atoms in total. The molecule has 2 heterocycles. The van der Waals surface area contributed by atoms with Crippen molar-refractivity contribution in [2.24, 2.45) is 0 Å². The third kappa shape index (κ3) is 3.60. The van der Waals surface area contributed by atoms with Gasteiger partial charge in [-0.2, -0.15) is 0 Å². The third-order valence-corrected chi connectivity index (χ3v) is 5.06. The van der Waals surface area contributed by atoms with E-state index in [-0.39, 0.29) is 17.5 Å². The number of amides is 1. The predicted octanol–water partition coefficient (Wildman–Crippen LogP) is 3.31. The summed E-state index contributed by atoms with van der Waals surface area (Å²) in [6.45, 7) is 9.12. The number of rotatable bonds is 4. The molecule has 1 aromatic carbocycles. The van der Waals surface area contributed by atoms with Crippen molar-refractivity contribution in [3.63, 3.8) is 0 Å². The summed E-state index contributed by atoms with van der Waals surface area (Å²) in [6, 6.07) is 5.04. The lowest BCUT2D eigenvalue weighted by atomic mass is 10.1. The smallest absolute Gasteiger partial charge is 0.257 e. The van der Waals surface area contributed by atoms with Crippen LogP contribution in [-0.2, 0) is 6.54 Å². The van der Waals surface area contributed by atoms with E-state index >= 15 is 0 Å². The fraction of sp³-hybridized carbons (Fsp3) is 0.450. The molecule has 1 amide bonds. The lowest BCUT2D eigenvalue weighted by Crippen LogP contribution is -2.48. The van der Waals surface area contributed by atoms with Gasteiger partial charge in [-0.3, -0.25) is 9.69 Å². The molecule has 1 aliphatic heterocycles. The number of carbonyl (C=O) groups excluding carboxylic acids is 1. The fourth-order valence-corrected chi connectivity index (χ4v) is 3.44. The van der Waals surface area contributed by atoms with Crippen molar-refractivity contribution in [3.8, 4) is 5.75 Å². The van der Waals surface area contributed by atoms with Crippen LogP contribution in [0.1, 0.15) is 33.0 Å². The van der Waals surface area contributed by atoms with Crippen molar-refractivity contribution in [3.05, 3.63) is 52.2 Å². The number of benzene rings is 1. The van der Waals surface area contributed by atoms with Crippen LogP contribution >= 0.6 is 0 Å². The molecule has 0 unspecified atom stereocenters. The predicted molar refractivity (Wildman–Crippen MR) is 97.1 cm³/mol. The van der Waals surface area contributed by atoms with Gasteiger partial charge in [0.15, 0.2) is 11.6 Å². The average molecular weight is 360 g/mol. The summed E-state index contributed by atoms with van der Waals surface area (Å²) in [4.78, 5) is 16.9. The van der Waals surface area contributed by atoms with Gasteiger partial charge in [-0.05, 0) is 38.5 Å². The summed E-state index contributed by atoms with van der Waals surface area (Å²) in [5.74, 6) is 1.42. The summed E-state index contributed by atoms with van der Waals surface area (Å²) in [5, 5.41) is 0. The highest BCUT2D eigenvalue weighted by molar-refractivity contribution is 5.97. The highest BCUT2D eigenvalue weighted by Crippen LogP contribution is 2.23. The zero-order valence-corrected chi connectivity index (χ0v) is 15.8. The third-order valence-electron chi connectivity index (χ3n) is 5.06. The van der Waals surface area contributed by atoms with Crippen molar-refractivity contribution in [2.75, 3.05) is 33.3 Å². The van der Waals surface area contributed by atoms with E-state index in [1.54, 1.807) is 6.07 Å². The van der Waals surface area contributed by atoms with Crippen molar-refractivity contribution in [2.45, 2.75) is 27.3 Å². The van der Waals surface area contributed by atoms with Crippen LogP contribution in [0.4, 0.5) is 4.39 Å². The van der Waals surface area contributed by atoms with Crippen molar-refractivity contribution in [1.82, 2.24) is 9.80 Å². The number of halogens is 1. The standard InChI is InChI=1S/C20H25FN2O3/c1-13-14(2)26-15(3)19(13)20(24)23-9-7-22(8-10-23)12-16-5-6-18(25-4)17(21)11-16/h5-6,11H,7-10,12H2,1-4H3. The number of hydrogen-bond donors (Lipinski definition) is 0. The van der Waals surface area contributed by atoms with Crippen LogP contribution in [0.3, 0.4) is 0 Å². The molecular formula is C20H25FN2O3. The SMILES string of the molecule is COc1ccc(CN2CCN(C(=O)c3c(C)oc(C)c3C)CC2)cc1F. The Labute approximate surface area is 153 Å². The van der Waals surface area contributed by atoms with Crippen LogP contribution in [0.2, 0.25) is 0 Å². The average Bonchev–Trinajstić information content (AvgIpc) is 2.87. The quantitative estimate of drug-likeness (QED) is 0.839. The monoisotopic (exact) mass is 360 g/mol. The van der Waals surface area contributed by atoms with Crippen molar-refractivity contribution < 1.29 is 18.3 Å². The van der Waals surface area contributed by atoms with Gasteiger partial charge in [0.2, 0.25) is 0 Å². The van der Waals surface area contributed by atoms with Crippen molar-refractivity contribution in [1.29, 1.82) is 0 Å². The van der Waals surface area contributed by atoms with E-state index in [0.717, 1.165) is 30.0 Å². The molecule has 0 spiro atoms. The zero-order valence-electron chi connectivity index (χ0n) is 15.8. The molecule has 1 aliphatic rings. The summed E-state index contributed by atoms with van der Waals surface area (Å²) in [6.07, 6.45) is 0. The van der Waals surface area contributed by atoms with E-state index in [2.05, 4.69) is 4.90 Å². The molecule has 2 aromatic rings. The Morgan fingerprint density at radius 3 is 2.38 bits per heavy atom. The molecule has 1 fully saturated rings. The largest absolute Gasteiger partial charge is 0.494 e. The van der Waals surface area contributed by atoms with E-state index in [1.165, 1.54) is 13.2 Å². The molecule has 0 atom stereocenters. The highest BCUT2D eigenvalue weighted by atomic mass is 19.1. The molecule has 0 bridgehead atoms. The van der Waals surface area contributed by atoms with E-state index in [1.807, 2.05) is 31.7 Å². The van der Waals surface area contributed by atoms with Crippen LogP contribution < -0.4 is 4.74 Å². The lowest BCUT2D eigenvalue weighted by molar-refractivity contribution is 0.0626. The molecular weight excluding hydrogens is 335 g/mol. The first kappa shape index (κ1) is 18.5. The Kier molecular flexibility index (Phi) is 5.32. The summed E-state index contributed by atoms with van der Waals surface area (Å²) >= 11 is 0. The Morgan fingerprint density at radius 1 is 1.15 bits per heavy atom. The minimum Gasteiger partial charge on any atom is -0.494 e. The molecule has 0 saturated carbocycles. The molecule has 3 rings (SSSR count). The fourth-order valence-electron chi connectivity index (χ4n) is 3.44. The number of furan rings is 1. The molecule has 0 radical (unpaired) electrons. The van der Waals surface area contributed by atoms with E-state index in [9.17, 15) is 9.18 Å². The van der Waals surface area contributed by atoms with Crippen molar-refractivity contribution >= 4 is 5.91 Å². The topological polar surface area (TPSA) is 45.9 Å². The number of aryl methyl sites for hydroxylation is 2. The second-order valence-electron chi connectivity index (χ2n) is 6.75. The number of methoxy groups -OCH3 is 1. The Balaban J connectivity index is 1.60.